The Balaban J connectivity index is 1.86. The van der Waals surface area contributed by atoms with Crippen LogP contribution in [0.2, 0.25) is 0 Å². The number of thioether (sulfide) groups is 1. The van der Waals surface area contributed by atoms with Gasteiger partial charge in [0.1, 0.15) is 0 Å². The Hall–Kier alpha value is -1.01. The van der Waals surface area contributed by atoms with Crippen molar-refractivity contribution in [3.8, 4) is 0 Å². The molecule has 0 spiro atoms. The number of amides is 1. The summed E-state index contributed by atoms with van der Waals surface area (Å²) in [4.78, 5) is 15.4. The third-order valence-electron chi connectivity index (χ3n) is 3.58. The Morgan fingerprint density at radius 3 is 2.84 bits per heavy atom. The van der Waals surface area contributed by atoms with E-state index in [4.69, 9.17) is 0 Å². The molecule has 0 saturated carbocycles. The number of rotatable bonds is 1. The molecule has 2 aliphatic rings. The summed E-state index contributed by atoms with van der Waals surface area (Å²) < 4.78 is 23.0. The molecule has 0 N–H and O–H groups in total. The number of benzene rings is 1. The lowest BCUT2D eigenvalue weighted by Crippen LogP contribution is -2.40. The molecule has 1 unspecified atom stereocenters. The van der Waals surface area contributed by atoms with E-state index in [0.29, 0.717) is 13.0 Å². The van der Waals surface area contributed by atoms with Gasteiger partial charge in [-0.15, -0.1) is 11.8 Å². The van der Waals surface area contributed by atoms with Gasteiger partial charge in [0.2, 0.25) is 5.91 Å². The molecule has 2 heterocycles. The van der Waals surface area contributed by atoms with Crippen LogP contribution < -0.4 is 4.90 Å². The van der Waals surface area contributed by atoms with Crippen molar-refractivity contribution in [1.29, 1.82) is 0 Å². The van der Waals surface area contributed by atoms with E-state index in [1.54, 1.807) is 16.7 Å². The van der Waals surface area contributed by atoms with E-state index in [2.05, 4.69) is 0 Å². The number of para-hydroxylation sites is 1. The molecule has 102 valence electrons. The molecule has 1 fully saturated rings. The lowest BCUT2D eigenvalue weighted by Gasteiger charge is -2.30. The average molecular weight is 297 g/mol. The zero-order valence-corrected chi connectivity index (χ0v) is 12.0. The van der Waals surface area contributed by atoms with Gasteiger partial charge >= 0.3 is 0 Å². The van der Waals surface area contributed by atoms with Crippen molar-refractivity contribution >= 4 is 33.2 Å². The predicted octanol–water partition coefficient (Wildman–Crippen LogP) is 1.56. The third-order valence-corrected chi connectivity index (χ3v) is 6.39. The Morgan fingerprint density at radius 1 is 1.32 bits per heavy atom. The summed E-state index contributed by atoms with van der Waals surface area (Å²) in [5, 5.41) is 0. The second kappa shape index (κ2) is 4.83. The Labute approximate surface area is 117 Å². The normalized spacial score (nSPS) is 25.1. The van der Waals surface area contributed by atoms with Crippen molar-refractivity contribution in [2.45, 2.75) is 11.3 Å². The first-order chi connectivity index (χ1) is 9.07. The largest absolute Gasteiger partial charge is 0.310 e. The fraction of sp³-hybridized carbons (Fsp3) is 0.462. The summed E-state index contributed by atoms with van der Waals surface area (Å²) in [6.07, 6.45) is 0.465. The number of sulfone groups is 1. The summed E-state index contributed by atoms with van der Waals surface area (Å²) in [5.74, 6) is 0.628. The molecule has 3 rings (SSSR count). The van der Waals surface area contributed by atoms with Crippen LogP contribution in [0, 0.1) is 5.92 Å². The van der Waals surface area contributed by atoms with Crippen LogP contribution in [-0.2, 0) is 14.6 Å². The second-order valence-corrected chi connectivity index (χ2v) is 8.27. The molecule has 1 aromatic rings. The molecule has 1 amide bonds. The quantitative estimate of drug-likeness (QED) is 0.789. The standard InChI is InChI=1S/C13H15NO3S2/c15-13(10-5-8-19(16,17)9-10)14-6-7-18-12-4-2-1-3-11(12)14/h1-4,10H,5-9H2. The van der Waals surface area contributed by atoms with Gasteiger partial charge in [0.25, 0.3) is 0 Å². The van der Waals surface area contributed by atoms with Crippen molar-refractivity contribution in [2.24, 2.45) is 5.92 Å². The summed E-state index contributed by atoms with van der Waals surface area (Å²) in [7, 11) is -3.01. The van der Waals surface area contributed by atoms with Gasteiger partial charge in [0, 0.05) is 17.2 Å². The lowest BCUT2D eigenvalue weighted by molar-refractivity contribution is -0.121. The van der Waals surface area contributed by atoms with Crippen molar-refractivity contribution in [1.82, 2.24) is 0 Å². The predicted molar refractivity (Wildman–Crippen MR) is 76.3 cm³/mol. The van der Waals surface area contributed by atoms with Crippen LogP contribution in [0.4, 0.5) is 5.69 Å². The molecule has 1 aromatic carbocycles. The third kappa shape index (κ3) is 2.51. The van der Waals surface area contributed by atoms with E-state index in [1.165, 1.54) is 0 Å². The van der Waals surface area contributed by atoms with Crippen LogP contribution in [0.15, 0.2) is 29.2 Å². The second-order valence-electron chi connectivity index (χ2n) is 4.91. The van der Waals surface area contributed by atoms with Crippen LogP contribution in [0.5, 0.6) is 0 Å². The number of carbonyl (C=O) groups excluding carboxylic acids is 1. The summed E-state index contributed by atoms with van der Waals surface area (Å²) in [6, 6.07) is 7.81. The van der Waals surface area contributed by atoms with Crippen LogP contribution in [0.25, 0.3) is 0 Å². The van der Waals surface area contributed by atoms with Gasteiger partial charge < -0.3 is 4.90 Å². The highest BCUT2D eigenvalue weighted by Gasteiger charge is 2.36. The van der Waals surface area contributed by atoms with Gasteiger partial charge in [-0.05, 0) is 18.6 Å². The van der Waals surface area contributed by atoms with E-state index in [-0.39, 0.29) is 23.3 Å². The van der Waals surface area contributed by atoms with E-state index >= 15 is 0 Å². The lowest BCUT2D eigenvalue weighted by atomic mass is 10.1. The molecule has 0 radical (unpaired) electrons. The fourth-order valence-corrected chi connectivity index (χ4v) is 5.34. The Bertz CT molecular complexity index is 612. The van der Waals surface area contributed by atoms with Gasteiger partial charge in [0.15, 0.2) is 9.84 Å². The molecule has 0 aromatic heterocycles. The van der Waals surface area contributed by atoms with E-state index in [1.807, 2.05) is 24.3 Å². The molecule has 0 bridgehead atoms. The van der Waals surface area contributed by atoms with Crippen LogP contribution >= 0.6 is 11.8 Å². The van der Waals surface area contributed by atoms with Crippen molar-refractivity contribution in [2.75, 3.05) is 28.7 Å². The van der Waals surface area contributed by atoms with Crippen LogP contribution in [-0.4, -0.2) is 38.1 Å². The highest BCUT2D eigenvalue weighted by Crippen LogP contribution is 2.36. The molecule has 1 saturated heterocycles. The number of hydrogen-bond acceptors (Lipinski definition) is 4. The number of carbonyl (C=O) groups is 1. The minimum absolute atomic E-state index is 0.0116. The average Bonchev–Trinajstić information content (AvgIpc) is 2.78. The molecular formula is C13H15NO3S2. The first-order valence-corrected chi connectivity index (χ1v) is 9.11. The summed E-state index contributed by atoms with van der Waals surface area (Å²) in [5.41, 5.74) is 0.924. The minimum Gasteiger partial charge on any atom is -0.310 e. The van der Waals surface area contributed by atoms with Gasteiger partial charge in [-0.3, -0.25) is 4.79 Å². The minimum atomic E-state index is -3.01. The molecule has 19 heavy (non-hydrogen) atoms. The van der Waals surface area contributed by atoms with Crippen LogP contribution in [0.1, 0.15) is 6.42 Å². The first kappa shape index (κ1) is 13.0. The fourth-order valence-electron chi connectivity index (χ4n) is 2.61. The highest BCUT2D eigenvalue weighted by molar-refractivity contribution is 7.99. The van der Waals surface area contributed by atoms with Gasteiger partial charge in [0.05, 0.1) is 23.1 Å². The maximum Gasteiger partial charge on any atom is 0.231 e. The maximum absolute atomic E-state index is 12.5. The smallest absolute Gasteiger partial charge is 0.231 e. The van der Waals surface area contributed by atoms with Crippen LogP contribution in [0.3, 0.4) is 0 Å². The zero-order chi connectivity index (χ0) is 13.5. The Morgan fingerprint density at radius 2 is 2.11 bits per heavy atom. The van der Waals surface area contributed by atoms with Gasteiger partial charge in [-0.25, -0.2) is 8.42 Å². The van der Waals surface area contributed by atoms with Crippen molar-refractivity contribution in [3.05, 3.63) is 24.3 Å². The van der Waals surface area contributed by atoms with E-state index in [9.17, 15) is 13.2 Å². The highest BCUT2D eigenvalue weighted by atomic mass is 32.2. The monoisotopic (exact) mass is 297 g/mol. The molecular weight excluding hydrogens is 282 g/mol. The number of nitrogens with zero attached hydrogens (tertiary/aromatic N) is 1. The molecule has 1 atom stereocenters. The van der Waals surface area contributed by atoms with Crippen molar-refractivity contribution in [3.63, 3.8) is 0 Å². The maximum atomic E-state index is 12.5. The topological polar surface area (TPSA) is 54.5 Å². The Kier molecular flexibility index (Phi) is 3.30. The van der Waals surface area contributed by atoms with E-state index in [0.717, 1.165) is 16.3 Å². The van der Waals surface area contributed by atoms with Gasteiger partial charge in [-0.2, -0.15) is 0 Å². The van der Waals surface area contributed by atoms with Crippen molar-refractivity contribution < 1.29 is 13.2 Å². The zero-order valence-electron chi connectivity index (χ0n) is 10.4. The number of hydrogen-bond donors (Lipinski definition) is 0. The molecule has 0 aliphatic carbocycles. The number of fused-ring (bicyclic) bond motifs is 1. The number of anilines is 1. The SMILES string of the molecule is O=C(C1CCS(=O)(=O)C1)N1CCSc2ccccc21. The van der Waals surface area contributed by atoms with E-state index < -0.39 is 9.84 Å². The van der Waals surface area contributed by atoms with Gasteiger partial charge in [-0.1, -0.05) is 12.1 Å². The molecule has 4 nitrogen and oxygen atoms in total. The summed E-state index contributed by atoms with van der Waals surface area (Å²) >= 11 is 1.74. The molecule has 6 heteroatoms. The summed E-state index contributed by atoms with van der Waals surface area (Å²) in [6.45, 7) is 0.664. The first-order valence-electron chi connectivity index (χ1n) is 6.30. The molecule has 2 aliphatic heterocycles.